The summed E-state index contributed by atoms with van der Waals surface area (Å²) in [6.07, 6.45) is -0.343. The molecule has 0 bridgehead atoms. The number of carbonyl (C=O) groups is 1. The number of rotatable bonds is 5. The second kappa shape index (κ2) is 6.96. The number of nitrogens with zero attached hydrogens (tertiary/aromatic N) is 2. The SMILES string of the molecule is CN(CCNCc1ccc(C#N)o1)C(=O)OC(C)(C)C. The molecule has 0 aliphatic carbocycles. The summed E-state index contributed by atoms with van der Waals surface area (Å²) >= 11 is 0. The van der Waals surface area contributed by atoms with Gasteiger partial charge < -0.3 is 19.4 Å². The van der Waals surface area contributed by atoms with Crippen molar-refractivity contribution in [1.82, 2.24) is 10.2 Å². The molecule has 1 N–H and O–H groups in total. The van der Waals surface area contributed by atoms with Crippen molar-refractivity contribution in [3.63, 3.8) is 0 Å². The summed E-state index contributed by atoms with van der Waals surface area (Å²) < 4.78 is 10.5. The van der Waals surface area contributed by atoms with E-state index < -0.39 is 5.60 Å². The quantitative estimate of drug-likeness (QED) is 0.835. The Kier molecular flexibility index (Phi) is 5.59. The maximum Gasteiger partial charge on any atom is 0.410 e. The van der Waals surface area contributed by atoms with Gasteiger partial charge in [-0.05, 0) is 32.9 Å². The second-order valence-corrected chi connectivity index (χ2v) is 5.46. The summed E-state index contributed by atoms with van der Waals surface area (Å²) in [5, 5.41) is 11.8. The van der Waals surface area contributed by atoms with Crippen LogP contribution in [0.25, 0.3) is 0 Å². The van der Waals surface area contributed by atoms with E-state index in [1.807, 2.05) is 26.8 Å². The first-order valence-electron chi connectivity index (χ1n) is 6.45. The van der Waals surface area contributed by atoms with Crippen molar-refractivity contribution >= 4 is 6.09 Å². The van der Waals surface area contributed by atoms with E-state index in [0.717, 1.165) is 0 Å². The van der Waals surface area contributed by atoms with E-state index in [0.29, 0.717) is 31.2 Å². The van der Waals surface area contributed by atoms with Crippen LogP contribution in [-0.4, -0.2) is 36.7 Å². The van der Waals surface area contributed by atoms with Gasteiger partial charge in [-0.1, -0.05) is 0 Å². The molecule has 1 aromatic heterocycles. The van der Waals surface area contributed by atoms with Crippen LogP contribution >= 0.6 is 0 Å². The van der Waals surface area contributed by atoms with Crippen LogP contribution in [0.1, 0.15) is 32.3 Å². The van der Waals surface area contributed by atoms with Crippen LogP contribution in [0.3, 0.4) is 0 Å². The van der Waals surface area contributed by atoms with Crippen LogP contribution in [0.5, 0.6) is 0 Å². The van der Waals surface area contributed by atoms with E-state index >= 15 is 0 Å². The van der Waals surface area contributed by atoms with Crippen LogP contribution in [0.4, 0.5) is 4.79 Å². The molecule has 0 spiro atoms. The maximum atomic E-state index is 11.7. The molecule has 0 saturated carbocycles. The average molecular weight is 279 g/mol. The largest absolute Gasteiger partial charge is 0.449 e. The lowest BCUT2D eigenvalue weighted by atomic mass is 10.2. The minimum atomic E-state index is -0.485. The van der Waals surface area contributed by atoms with E-state index in [9.17, 15) is 4.79 Å². The smallest absolute Gasteiger partial charge is 0.410 e. The van der Waals surface area contributed by atoms with Gasteiger partial charge in [0.25, 0.3) is 0 Å². The number of furan rings is 1. The zero-order valence-electron chi connectivity index (χ0n) is 12.4. The summed E-state index contributed by atoms with van der Waals surface area (Å²) in [5.41, 5.74) is -0.485. The number of ether oxygens (including phenoxy) is 1. The van der Waals surface area contributed by atoms with Crippen molar-refractivity contribution in [2.75, 3.05) is 20.1 Å². The molecule has 20 heavy (non-hydrogen) atoms. The lowest BCUT2D eigenvalue weighted by Crippen LogP contribution is -2.37. The average Bonchev–Trinajstić information content (AvgIpc) is 2.80. The van der Waals surface area contributed by atoms with Crippen molar-refractivity contribution in [3.8, 4) is 6.07 Å². The predicted octanol–water partition coefficient (Wildman–Crippen LogP) is 2.11. The molecule has 0 radical (unpaired) electrons. The second-order valence-electron chi connectivity index (χ2n) is 5.46. The van der Waals surface area contributed by atoms with E-state index in [-0.39, 0.29) is 6.09 Å². The van der Waals surface area contributed by atoms with E-state index in [4.69, 9.17) is 14.4 Å². The van der Waals surface area contributed by atoms with Gasteiger partial charge in [-0.3, -0.25) is 0 Å². The molecule has 0 aliphatic rings. The molecule has 0 fully saturated rings. The summed E-state index contributed by atoms with van der Waals surface area (Å²) in [5.74, 6) is 0.995. The van der Waals surface area contributed by atoms with Gasteiger partial charge >= 0.3 is 6.09 Å². The molecule has 6 heteroatoms. The van der Waals surface area contributed by atoms with Gasteiger partial charge in [-0.15, -0.1) is 0 Å². The summed E-state index contributed by atoms with van der Waals surface area (Å²) in [6.45, 7) is 7.16. The van der Waals surface area contributed by atoms with Crippen LogP contribution in [-0.2, 0) is 11.3 Å². The van der Waals surface area contributed by atoms with Crippen LogP contribution in [0.15, 0.2) is 16.5 Å². The number of hydrogen-bond donors (Lipinski definition) is 1. The lowest BCUT2D eigenvalue weighted by Gasteiger charge is -2.24. The van der Waals surface area contributed by atoms with Crippen molar-refractivity contribution in [2.24, 2.45) is 0 Å². The van der Waals surface area contributed by atoms with Crippen molar-refractivity contribution in [2.45, 2.75) is 32.9 Å². The highest BCUT2D eigenvalue weighted by atomic mass is 16.6. The monoisotopic (exact) mass is 279 g/mol. The minimum absolute atomic E-state index is 0.299. The zero-order valence-corrected chi connectivity index (χ0v) is 12.4. The van der Waals surface area contributed by atoms with Crippen LogP contribution in [0.2, 0.25) is 0 Å². The molecule has 0 aromatic carbocycles. The summed E-state index contributed by atoms with van der Waals surface area (Å²) in [7, 11) is 1.69. The number of carbonyl (C=O) groups excluding carboxylic acids is 1. The predicted molar refractivity (Wildman–Crippen MR) is 74.0 cm³/mol. The van der Waals surface area contributed by atoms with Gasteiger partial charge in [-0.25, -0.2) is 4.79 Å². The third-order valence-corrected chi connectivity index (χ3v) is 2.40. The standard InChI is InChI=1S/C14H21N3O3/c1-14(2,3)20-13(18)17(4)8-7-16-10-12-6-5-11(9-15)19-12/h5-6,16H,7-8,10H2,1-4H3. The van der Waals surface area contributed by atoms with Crippen molar-refractivity contribution in [1.29, 1.82) is 5.26 Å². The Morgan fingerprint density at radius 3 is 2.75 bits per heavy atom. The first-order chi connectivity index (χ1) is 9.31. The fraction of sp³-hybridized carbons (Fsp3) is 0.571. The number of nitriles is 1. The number of nitrogens with one attached hydrogen (secondary N) is 1. The molecular formula is C14H21N3O3. The molecule has 6 nitrogen and oxygen atoms in total. The molecular weight excluding hydrogens is 258 g/mol. The molecule has 110 valence electrons. The van der Waals surface area contributed by atoms with Gasteiger partial charge in [0.2, 0.25) is 5.76 Å². The molecule has 0 unspecified atom stereocenters. The van der Waals surface area contributed by atoms with E-state index in [1.165, 1.54) is 4.90 Å². The van der Waals surface area contributed by atoms with Gasteiger partial charge in [0.05, 0.1) is 6.54 Å². The van der Waals surface area contributed by atoms with Crippen molar-refractivity contribution in [3.05, 3.63) is 23.7 Å². The number of hydrogen-bond acceptors (Lipinski definition) is 5. The summed E-state index contributed by atoms with van der Waals surface area (Å²) in [6, 6.07) is 5.31. The van der Waals surface area contributed by atoms with Gasteiger partial charge in [0.1, 0.15) is 17.4 Å². The fourth-order valence-corrected chi connectivity index (χ4v) is 1.42. The first kappa shape index (κ1) is 16.1. The molecule has 1 rings (SSSR count). The Morgan fingerprint density at radius 2 is 2.20 bits per heavy atom. The summed E-state index contributed by atoms with van der Waals surface area (Å²) in [4.78, 5) is 13.2. The fourth-order valence-electron chi connectivity index (χ4n) is 1.42. The molecule has 0 aliphatic heterocycles. The van der Waals surface area contributed by atoms with Crippen molar-refractivity contribution < 1.29 is 13.9 Å². The zero-order chi connectivity index (χ0) is 15.2. The first-order valence-corrected chi connectivity index (χ1v) is 6.45. The lowest BCUT2D eigenvalue weighted by molar-refractivity contribution is 0.0300. The van der Waals surface area contributed by atoms with Gasteiger partial charge in [0.15, 0.2) is 0 Å². The Morgan fingerprint density at radius 1 is 1.50 bits per heavy atom. The molecule has 1 aromatic rings. The minimum Gasteiger partial charge on any atom is -0.449 e. The molecule has 1 heterocycles. The van der Waals surface area contributed by atoms with E-state index in [2.05, 4.69) is 5.32 Å². The van der Waals surface area contributed by atoms with Gasteiger partial charge in [-0.2, -0.15) is 5.26 Å². The molecule has 1 amide bonds. The number of likely N-dealkylation sites (N-methyl/N-ethyl adjacent to an activating group) is 1. The molecule has 0 atom stereocenters. The highest BCUT2D eigenvalue weighted by Crippen LogP contribution is 2.09. The Bertz CT molecular complexity index is 483. The highest BCUT2D eigenvalue weighted by molar-refractivity contribution is 5.67. The topological polar surface area (TPSA) is 78.5 Å². The third kappa shape index (κ3) is 5.76. The molecule has 0 saturated heterocycles. The van der Waals surface area contributed by atoms with Gasteiger partial charge in [0, 0.05) is 20.1 Å². The Balaban J connectivity index is 2.23. The Hall–Kier alpha value is -2.00. The maximum absolute atomic E-state index is 11.7. The number of amides is 1. The van der Waals surface area contributed by atoms with Crippen LogP contribution in [0, 0.1) is 11.3 Å². The van der Waals surface area contributed by atoms with E-state index in [1.54, 1.807) is 19.2 Å². The van der Waals surface area contributed by atoms with Crippen LogP contribution < -0.4 is 5.32 Å². The third-order valence-electron chi connectivity index (χ3n) is 2.40. The highest BCUT2D eigenvalue weighted by Gasteiger charge is 2.19. The Labute approximate surface area is 119 Å². The normalized spacial score (nSPS) is 10.9.